The van der Waals surface area contributed by atoms with Gasteiger partial charge in [0.25, 0.3) is 0 Å². The van der Waals surface area contributed by atoms with Gasteiger partial charge in [0.15, 0.2) is 6.61 Å². The van der Waals surface area contributed by atoms with Crippen molar-refractivity contribution >= 4 is 11.8 Å². The molecule has 5 heteroatoms. The smallest absolute Gasteiger partial charge is 0.338 e. The monoisotopic (exact) mass is 462 g/mol. The number of phenolic OH excluding ortho intramolecular Hbond substituents is 1. The molecule has 0 saturated carbocycles. The maximum Gasteiger partial charge on any atom is 0.338 e. The Bertz CT molecular complexity index is 726. The highest BCUT2D eigenvalue weighted by Crippen LogP contribution is 2.33. The third kappa shape index (κ3) is 11.7. The molecular weight excluding hydrogens is 416 g/mol. The first-order valence-electron chi connectivity index (χ1n) is 12.2. The quantitative estimate of drug-likeness (QED) is 0.344. The van der Waals surface area contributed by atoms with Crippen molar-refractivity contribution in [3.05, 3.63) is 29.8 Å². The van der Waals surface area contributed by atoms with Gasteiger partial charge in [-0.05, 0) is 85.5 Å². The number of aromatic hydroxyl groups is 1. The van der Waals surface area contributed by atoms with Gasteiger partial charge in [0.2, 0.25) is 5.78 Å². The topological polar surface area (TPSA) is 83.8 Å². The fourth-order valence-electron chi connectivity index (χ4n) is 4.62. The Morgan fingerprint density at radius 2 is 1.27 bits per heavy atom. The van der Waals surface area contributed by atoms with Crippen molar-refractivity contribution in [2.24, 2.45) is 22.7 Å². The molecule has 0 saturated heterocycles. The molecule has 0 aliphatic carbocycles. The lowest BCUT2D eigenvalue weighted by molar-refractivity contribution is -0.143. The number of hydrogen-bond acceptors (Lipinski definition) is 5. The Balaban J connectivity index is 2.83. The molecule has 5 nitrogen and oxygen atoms in total. The molecule has 0 radical (unpaired) electrons. The molecule has 0 unspecified atom stereocenters. The molecular formula is C28H46O5. The molecule has 1 aromatic carbocycles. The number of ether oxygens (including phenoxy) is 1. The van der Waals surface area contributed by atoms with Crippen molar-refractivity contribution in [3.63, 3.8) is 0 Å². The van der Waals surface area contributed by atoms with Crippen LogP contribution in [0.2, 0.25) is 0 Å². The number of carbonyl (C=O) groups excluding carboxylic acids is 2. The molecule has 0 bridgehead atoms. The second-order valence-electron chi connectivity index (χ2n) is 12.4. The van der Waals surface area contributed by atoms with Gasteiger partial charge >= 0.3 is 5.97 Å². The van der Waals surface area contributed by atoms with Crippen molar-refractivity contribution in [3.8, 4) is 5.75 Å². The van der Waals surface area contributed by atoms with Crippen LogP contribution in [0, 0.1) is 22.7 Å². The van der Waals surface area contributed by atoms with Crippen molar-refractivity contribution in [1.82, 2.24) is 0 Å². The first kappa shape index (κ1) is 29.2. The SMILES string of the molecule is C[C@H](CCC(O)(CC[C@@H](C)CC(C)(C)C)C(=O)COC(=O)c1ccc(O)cc1)CC(C)(C)C. The van der Waals surface area contributed by atoms with Crippen LogP contribution in [-0.4, -0.2) is 34.2 Å². The fraction of sp³-hybridized carbons (Fsp3) is 0.714. The van der Waals surface area contributed by atoms with Crippen LogP contribution in [0.5, 0.6) is 5.75 Å². The maximum absolute atomic E-state index is 13.1. The van der Waals surface area contributed by atoms with E-state index in [0.717, 1.165) is 25.7 Å². The standard InChI is InChI=1S/C28H46O5/c1-20(17-26(3,4)5)13-15-28(32,16-14-21(2)18-27(6,7)8)24(30)19-33-25(31)22-9-11-23(29)12-10-22/h9-12,20-21,29,32H,13-19H2,1-8H3/t20-,21-/m1/s1. The lowest BCUT2D eigenvalue weighted by Gasteiger charge is -2.31. The van der Waals surface area contributed by atoms with Crippen molar-refractivity contribution in [1.29, 1.82) is 0 Å². The Morgan fingerprint density at radius 1 is 0.848 bits per heavy atom. The van der Waals surface area contributed by atoms with Crippen LogP contribution < -0.4 is 0 Å². The van der Waals surface area contributed by atoms with E-state index in [9.17, 15) is 19.8 Å². The van der Waals surface area contributed by atoms with E-state index < -0.39 is 24.0 Å². The normalized spacial score (nSPS) is 14.6. The average Bonchev–Trinajstić information content (AvgIpc) is 2.66. The molecule has 0 heterocycles. The first-order valence-corrected chi connectivity index (χ1v) is 12.2. The summed E-state index contributed by atoms with van der Waals surface area (Å²) in [5.41, 5.74) is -0.889. The number of esters is 1. The Hall–Kier alpha value is -1.88. The summed E-state index contributed by atoms with van der Waals surface area (Å²) >= 11 is 0. The van der Waals surface area contributed by atoms with Gasteiger partial charge in [-0.2, -0.15) is 0 Å². The van der Waals surface area contributed by atoms with Crippen LogP contribution in [0.3, 0.4) is 0 Å². The summed E-state index contributed by atoms with van der Waals surface area (Å²) in [6.07, 6.45) is 4.21. The van der Waals surface area contributed by atoms with Gasteiger partial charge in [0, 0.05) is 0 Å². The van der Waals surface area contributed by atoms with Crippen LogP contribution >= 0.6 is 0 Å². The minimum absolute atomic E-state index is 0.0470. The van der Waals surface area contributed by atoms with E-state index in [1.807, 2.05) is 0 Å². The number of rotatable bonds is 12. The van der Waals surface area contributed by atoms with Crippen LogP contribution in [0.25, 0.3) is 0 Å². The highest BCUT2D eigenvalue weighted by Gasteiger charge is 2.37. The number of carbonyl (C=O) groups is 2. The summed E-state index contributed by atoms with van der Waals surface area (Å²) in [6.45, 7) is 17.0. The predicted octanol–water partition coefficient (Wildman–Crippen LogP) is 6.55. The molecule has 0 fully saturated rings. The van der Waals surface area contributed by atoms with Crippen molar-refractivity contribution < 1.29 is 24.5 Å². The molecule has 2 N–H and O–H groups in total. The summed E-state index contributed by atoms with van der Waals surface area (Å²) in [4.78, 5) is 25.4. The highest BCUT2D eigenvalue weighted by atomic mass is 16.5. The molecule has 0 aliphatic heterocycles. The Morgan fingerprint density at radius 3 is 1.67 bits per heavy atom. The van der Waals surface area contributed by atoms with E-state index in [1.54, 1.807) is 0 Å². The zero-order valence-corrected chi connectivity index (χ0v) is 22.0. The van der Waals surface area contributed by atoms with Gasteiger partial charge in [0.1, 0.15) is 11.4 Å². The zero-order chi connectivity index (χ0) is 25.4. The maximum atomic E-state index is 13.1. The number of phenols is 1. The number of ketones is 1. The Labute approximate surface area is 200 Å². The summed E-state index contributed by atoms with van der Waals surface area (Å²) in [5.74, 6) is -0.300. The predicted molar refractivity (Wildman–Crippen MR) is 133 cm³/mol. The minimum atomic E-state index is -1.51. The molecule has 0 aromatic heterocycles. The van der Waals surface area contributed by atoms with Gasteiger partial charge < -0.3 is 14.9 Å². The molecule has 0 aliphatic rings. The second kappa shape index (κ2) is 12.0. The average molecular weight is 463 g/mol. The van der Waals surface area contributed by atoms with Crippen LogP contribution in [-0.2, 0) is 9.53 Å². The summed E-state index contributed by atoms with van der Waals surface area (Å²) < 4.78 is 5.22. The van der Waals surface area contributed by atoms with E-state index >= 15 is 0 Å². The largest absolute Gasteiger partial charge is 0.508 e. The lowest BCUT2D eigenvalue weighted by atomic mass is 9.77. The van der Waals surface area contributed by atoms with Gasteiger partial charge in [0.05, 0.1) is 5.56 Å². The van der Waals surface area contributed by atoms with Crippen LogP contribution in [0.4, 0.5) is 0 Å². The summed E-state index contributed by atoms with van der Waals surface area (Å²) in [5, 5.41) is 20.8. The number of aliphatic hydroxyl groups is 1. The van der Waals surface area contributed by atoms with E-state index in [0.29, 0.717) is 24.7 Å². The van der Waals surface area contributed by atoms with Gasteiger partial charge in [-0.1, -0.05) is 55.4 Å². The highest BCUT2D eigenvalue weighted by molar-refractivity contribution is 5.93. The Kier molecular flexibility index (Phi) is 10.6. The molecule has 2 atom stereocenters. The molecule has 0 amide bonds. The fourth-order valence-corrected chi connectivity index (χ4v) is 4.62. The van der Waals surface area contributed by atoms with E-state index in [2.05, 4.69) is 55.4 Å². The van der Waals surface area contributed by atoms with Crippen LogP contribution in [0.1, 0.15) is 104 Å². The van der Waals surface area contributed by atoms with Crippen LogP contribution in [0.15, 0.2) is 24.3 Å². The molecule has 0 spiro atoms. The lowest BCUT2D eigenvalue weighted by Crippen LogP contribution is -2.42. The molecule has 1 aromatic rings. The van der Waals surface area contributed by atoms with E-state index in [1.165, 1.54) is 24.3 Å². The summed E-state index contributed by atoms with van der Waals surface area (Å²) in [7, 11) is 0. The number of benzene rings is 1. The number of Topliss-reactive ketones (excluding diaryl/α,β-unsaturated/α-hetero) is 1. The van der Waals surface area contributed by atoms with Crippen molar-refractivity contribution in [2.75, 3.05) is 6.61 Å². The first-order chi connectivity index (χ1) is 15.0. The second-order valence-corrected chi connectivity index (χ2v) is 12.4. The third-order valence-electron chi connectivity index (χ3n) is 5.98. The van der Waals surface area contributed by atoms with Gasteiger partial charge in [-0.15, -0.1) is 0 Å². The summed E-state index contributed by atoms with van der Waals surface area (Å²) in [6, 6.07) is 5.66. The number of hydrogen-bond donors (Lipinski definition) is 2. The third-order valence-corrected chi connectivity index (χ3v) is 5.98. The van der Waals surface area contributed by atoms with E-state index in [-0.39, 0.29) is 22.1 Å². The molecule has 1 rings (SSSR count). The van der Waals surface area contributed by atoms with Crippen molar-refractivity contribution in [2.45, 2.75) is 99.5 Å². The minimum Gasteiger partial charge on any atom is -0.508 e. The zero-order valence-electron chi connectivity index (χ0n) is 22.0. The van der Waals surface area contributed by atoms with E-state index in [4.69, 9.17) is 4.74 Å². The van der Waals surface area contributed by atoms with Gasteiger partial charge in [-0.3, -0.25) is 4.79 Å². The molecule has 188 valence electrons. The van der Waals surface area contributed by atoms with Gasteiger partial charge in [-0.25, -0.2) is 4.79 Å². The molecule has 33 heavy (non-hydrogen) atoms.